The number of nitrogens with one attached hydrogen (secondary N) is 2. The Morgan fingerprint density at radius 3 is 2.66 bits per heavy atom. The Kier molecular flexibility index (Phi) is 6.01. The lowest BCUT2D eigenvalue weighted by Crippen LogP contribution is -2.43. The largest absolute Gasteiger partial charge is 0.446 e. The lowest BCUT2D eigenvalue weighted by molar-refractivity contribution is 0.422. The summed E-state index contributed by atoms with van der Waals surface area (Å²) in [5, 5.41) is 6.13. The lowest BCUT2D eigenvalue weighted by atomic mass is 10.1. The van der Waals surface area contributed by atoms with Gasteiger partial charge in [0.1, 0.15) is 23.8 Å². The summed E-state index contributed by atoms with van der Waals surface area (Å²) in [6.07, 6.45) is 3.03. The smallest absolute Gasteiger partial charge is 0.288 e. The van der Waals surface area contributed by atoms with Crippen molar-refractivity contribution in [1.82, 2.24) is 15.3 Å². The fraction of sp³-hybridized carbons (Fsp3) is 0.240. The Labute approximate surface area is 200 Å². The molecule has 2 aliphatic rings. The number of piperazine rings is 1. The number of rotatable bonds is 5. The maximum Gasteiger partial charge on any atom is 0.288 e. The highest BCUT2D eigenvalue weighted by Gasteiger charge is 2.24. The van der Waals surface area contributed by atoms with Crippen molar-refractivity contribution in [2.45, 2.75) is 13.3 Å². The molecule has 0 radical (unpaired) electrons. The van der Waals surface area contributed by atoms with E-state index in [4.69, 9.17) is 11.3 Å². The summed E-state index contributed by atoms with van der Waals surface area (Å²) >= 11 is 0. The highest BCUT2D eigenvalue weighted by Crippen LogP contribution is 2.40. The van der Waals surface area contributed by atoms with Crippen molar-refractivity contribution in [2.24, 2.45) is 0 Å². The number of fused-ring (bicyclic) bond motifs is 1. The summed E-state index contributed by atoms with van der Waals surface area (Å²) < 4.78 is 49.9. The maximum absolute atomic E-state index is 15.0. The molecule has 178 valence electrons. The van der Waals surface area contributed by atoms with Gasteiger partial charge in [-0.25, -0.2) is 28.0 Å². The first-order valence-corrected chi connectivity index (χ1v) is 11.0. The van der Waals surface area contributed by atoms with Gasteiger partial charge in [-0.3, -0.25) is 0 Å². The van der Waals surface area contributed by atoms with E-state index in [-0.39, 0.29) is 34.3 Å². The van der Waals surface area contributed by atoms with Gasteiger partial charge in [0, 0.05) is 49.1 Å². The molecule has 0 unspecified atom stereocenters. The van der Waals surface area contributed by atoms with Crippen LogP contribution < -0.4 is 20.3 Å². The fourth-order valence-electron chi connectivity index (χ4n) is 4.26. The molecule has 2 aromatic carbocycles. The highest BCUT2D eigenvalue weighted by atomic mass is 19.1. The molecular formula is C25H21F3N6O. The number of aromatic nitrogens is 2. The van der Waals surface area contributed by atoms with Crippen molar-refractivity contribution < 1.29 is 17.9 Å². The molecule has 1 aliphatic heterocycles. The number of allylic oxidation sites excluding steroid dienone is 1. The number of anilines is 3. The van der Waals surface area contributed by atoms with Crippen LogP contribution in [0.15, 0.2) is 36.2 Å². The van der Waals surface area contributed by atoms with Crippen molar-refractivity contribution in [3.8, 4) is 11.6 Å². The van der Waals surface area contributed by atoms with E-state index >= 15 is 4.39 Å². The van der Waals surface area contributed by atoms with Gasteiger partial charge < -0.3 is 20.3 Å². The van der Waals surface area contributed by atoms with Crippen LogP contribution >= 0.6 is 0 Å². The zero-order chi connectivity index (χ0) is 24.5. The molecule has 10 heteroatoms. The third kappa shape index (κ3) is 4.38. The number of hydrogen-bond donors (Lipinski definition) is 2. The molecule has 2 N–H and O–H groups in total. The van der Waals surface area contributed by atoms with E-state index in [0.717, 1.165) is 31.1 Å². The Morgan fingerprint density at radius 1 is 1.11 bits per heavy atom. The zero-order valence-electron chi connectivity index (χ0n) is 18.8. The van der Waals surface area contributed by atoms with Gasteiger partial charge >= 0.3 is 0 Å². The average Bonchev–Trinajstić information content (AvgIpc) is 3.26. The standard InChI is InChI=1S/C25H21F3N6O/c1-14-9-16-17(10-14)22(28)21(12-18(16)26)35-25-23(29-2)24(31-13-32-25)33-15-3-4-20(19(27)11-15)34-7-5-30-6-8-34/h3-4,10-13,30H,5-9H2,1H3,(H,31,32,33). The topological polar surface area (TPSA) is 66.7 Å². The first-order valence-electron chi connectivity index (χ1n) is 11.0. The molecule has 35 heavy (non-hydrogen) atoms. The molecule has 0 atom stereocenters. The van der Waals surface area contributed by atoms with Crippen molar-refractivity contribution in [1.29, 1.82) is 0 Å². The van der Waals surface area contributed by atoms with Crippen molar-refractivity contribution in [3.63, 3.8) is 0 Å². The second-order valence-corrected chi connectivity index (χ2v) is 8.35. The number of benzene rings is 2. The van der Waals surface area contributed by atoms with Crippen LogP contribution in [-0.4, -0.2) is 36.1 Å². The second kappa shape index (κ2) is 9.27. The van der Waals surface area contributed by atoms with E-state index in [1.54, 1.807) is 25.1 Å². The van der Waals surface area contributed by atoms with E-state index in [1.807, 2.05) is 4.90 Å². The zero-order valence-corrected chi connectivity index (χ0v) is 18.8. The predicted octanol–water partition coefficient (Wildman–Crippen LogP) is 5.35. The van der Waals surface area contributed by atoms with Crippen LogP contribution in [0.4, 0.5) is 36.1 Å². The quantitative estimate of drug-likeness (QED) is 0.482. The number of halogens is 3. The Balaban J connectivity index is 1.42. The first kappa shape index (κ1) is 22.7. The minimum Gasteiger partial charge on any atom is -0.446 e. The summed E-state index contributed by atoms with van der Waals surface area (Å²) in [5.41, 5.74) is 1.95. The molecule has 0 amide bonds. The van der Waals surface area contributed by atoms with Crippen LogP contribution in [0.25, 0.3) is 10.9 Å². The summed E-state index contributed by atoms with van der Waals surface area (Å²) in [7, 11) is 0. The molecule has 0 spiro atoms. The molecule has 3 aromatic rings. The third-order valence-electron chi connectivity index (χ3n) is 5.95. The van der Waals surface area contributed by atoms with Gasteiger partial charge in [-0.1, -0.05) is 11.6 Å². The van der Waals surface area contributed by atoms with Crippen molar-refractivity contribution in [2.75, 3.05) is 36.4 Å². The maximum atomic E-state index is 15.0. The Bertz CT molecular complexity index is 1380. The number of ether oxygens (including phenoxy) is 1. The van der Waals surface area contributed by atoms with Gasteiger partial charge in [0.2, 0.25) is 5.88 Å². The van der Waals surface area contributed by atoms with Crippen LogP contribution in [0.2, 0.25) is 0 Å². The molecule has 0 bridgehead atoms. The lowest BCUT2D eigenvalue weighted by Gasteiger charge is -2.29. The van der Waals surface area contributed by atoms with E-state index in [2.05, 4.69) is 25.4 Å². The molecule has 5 rings (SSSR count). The first-order chi connectivity index (χ1) is 16.9. The molecular weight excluding hydrogens is 457 g/mol. The van der Waals surface area contributed by atoms with Crippen LogP contribution in [-0.2, 0) is 6.42 Å². The van der Waals surface area contributed by atoms with Crippen LogP contribution in [0, 0.1) is 24.0 Å². The van der Waals surface area contributed by atoms with Crippen LogP contribution in [0.1, 0.15) is 18.1 Å². The van der Waals surface area contributed by atoms with E-state index < -0.39 is 17.5 Å². The summed E-state index contributed by atoms with van der Waals surface area (Å²) in [4.78, 5) is 13.4. The van der Waals surface area contributed by atoms with Gasteiger partial charge in [0.05, 0.1) is 12.3 Å². The SMILES string of the molecule is [C-]#[N+]c1c(Nc2ccc(N3CCNCC3)c(F)c2)ncnc1Oc1cc(F)c2c(c1F)C=C(C)C2. The highest BCUT2D eigenvalue weighted by molar-refractivity contribution is 5.76. The molecule has 1 aromatic heterocycles. The molecule has 2 heterocycles. The molecule has 1 fully saturated rings. The normalized spacial score (nSPS) is 14.8. The summed E-state index contributed by atoms with van der Waals surface area (Å²) in [6.45, 7) is 12.3. The third-order valence-corrected chi connectivity index (χ3v) is 5.95. The average molecular weight is 478 g/mol. The van der Waals surface area contributed by atoms with Gasteiger partial charge in [-0.2, -0.15) is 0 Å². The van der Waals surface area contributed by atoms with E-state index in [1.165, 1.54) is 6.07 Å². The van der Waals surface area contributed by atoms with Crippen molar-refractivity contribution >= 4 is 29.0 Å². The Hall–Kier alpha value is -4.10. The predicted molar refractivity (Wildman–Crippen MR) is 127 cm³/mol. The molecule has 1 saturated heterocycles. The minimum absolute atomic E-state index is 0.0529. The van der Waals surface area contributed by atoms with Gasteiger partial charge in [0.25, 0.3) is 5.69 Å². The molecule has 0 saturated carbocycles. The molecule has 7 nitrogen and oxygen atoms in total. The molecule has 1 aliphatic carbocycles. The number of nitrogens with zero attached hydrogens (tertiary/aromatic N) is 4. The van der Waals surface area contributed by atoms with E-state index in [0.29, 0.717) is 30.9 Å². The van der Waals surface area contributed by atoms with Crippen molar-refractivity contribution in [3.05, 3.63) is 76.2 Å². The summed E-state index contributed by atoms with van der Waals surface area (Å²) in [5.74, 6) is -2.31. The Morgan fingerprint density at radius 2 is 1.91 bits per heavy atom. The van der Waals surface area contributed by atoms with Gasteiger partial charge in [-0.05, 0) is 31.5 Å². The summed E-state index contributed by atoms with van der Waals surface area (Å²) in [6, 6.07) is 5.62. The minimum atomic E-state index is -0.729. The van der Waals surface area contributed by atoms with E-state index in [9.17, 15) is 8.78 Å². The van der Waals surface area contributed by atoms with Gasteiger partial charge in [-0.15, -0.1) is 0 Å². The number of hydrogen-bond acceptors (Lipinski definition) is 6. The van der Waals surface area contributed by atoms with Gasteiger partial charge in [0.15, 0.2) is 11.6 Å². The van der Waals surface area contributed by atoms with Crippen LogP contribution in [0.3, 0.4) is 0 Å². The van der Waals surface area contributed by atoms with Crippen LogP contribution in [0.5, 0.6) is 11.6 Å². The fourth-order valence-corrected chi connectivity index (χ4v) is 4.26. The monoisotopic (exact) mass is 478 g/mol. The second-order valence-electron chi connectivity index (χ2n) is 8.35.